The molecular formula is C14H17F3N2O2. The molecule has 0 saturated carbocycles. The minimum atomic E-state index is -1.50. The first-order valence-electron chi connectivity index (χ1n) is 6.55. The van der Waals surface area contributed by atoms with Crippen LogP contribution in [0.4, 0.5) is 23.7 Å². The number of hydrogen-bond donors (Lipinski definition) is 1. The van der Waals surface area contributed by atoms with E-state index in [0.29, 0.717) is 13.1 Å². The quantitative estimate of drug-likeness (QED) is 0.853. The van der Waals surface area contributed by atoms with Gasteiger partial charge in [0.1, 0.15) is 5.60 Å². The molecule has 7 heteroatoms. The first kappa shape index (κ1) is 15.5. The van der Waals surface area contributed by atoms with E-state index in [9.17, 15) is 18.0 Å². The minimum Gasteiger partial charge on any atom is -0.444 e. The molecule has 0 spiro atoms. The SMILES string of the molecule is CC(C)(C)OC(=O)N1CC(Nc2cc(F)c(F)c(F)c2)C1. The van der Waals surface area contributed by atoms with E-state index in [1.54, 1.807) is 20.8 Å². The zero-order valence-corrected chi connectivity index (χ0v) is 12.0. The third-order valence-corrected chi connectivity index (χ3v) is 2.89. The molecule has 0 atom stereocenters. The van der Waals surface area contributed by atoms with Gasteiger partial charge in [0, 0.05) is 30.9 Å². The first-order valence-corrected chi connectivity index (χ1v) is 6.55. The summed E-state index contributed by atoms with van der Waals surface area (Å²) in [5, 5.41) is 2.84. The second-order valence-corrected chi connectivity index (χ2v) is 5.98. The first-order chi connectivity index (χ1) is 9.65. The standard InChI is InChI=1S/C14H17F3N2O2/c1-14(2,3)21-13(20)19-6-9(7-19)18-8-4-10(15)12(17)11(16)5-8/h4-5,9,18H,6-7H2,1-3H3. The predicted octanol–water partition coefficient (Wildman–Crippen LogP) is 3.14. The largest absolute Gasteiger partial charge is 0.444 e. The van der Waals surface area contributed by atoms with Crippen LogP contribution in [0.2, 0.25) is 0 Å². The van der Waals surface area contributed by atoms with Crippen molar-refractivity contribution in [2.45, 2.75) is 32.4 Å². The maximum atomic E-state index is 13.1. The summed E-state index contributed by atoms with van der Waals surface area (Å²) in [4.78, 5) is 13.2. The Bertz CT molecular complexity index is 529. The number of ether oxygens (including phenoxy) is 1. The molecule has 1 N–H and O–H groups in total. The summed E-state index contributed by atoms with van der Waals surface area (Å²) in [6, 6.07) is 1.62. The van der Waals surface area contributed by atoms with Crippen molar-refractivity contribution in [2.75, 3.05) is 18.4 Å². The lowest BCUT2D eigenvalue weighted by Crippen LogP contribution is -2.57. The molecule has 4 nitrogen and oxygen atoms in total. The average molecular weight is 302 g/mol. The third-order valence-electron chi connectivity index (χ3n) is 2.89. The van der Waals surface area contributed by atoms with Crippen LogP contribution < -0.4 is 5.32 Å². The fraction of sp³-hybridized carbons (Fsp3) is 0.500. The van der Waals surface area contributed by atoms with Crippen LogP contribution >= 0.6 is 0 Å². The number of anilines is 1. The third kappa shape index (κ3) is 3.80. The van der Waals surface area contributed by atoms with Crippen LogP contribution in [0.15, 0.2) is 12.1 Å². The zero-order chi connectivity index (χ0) is 15.8. The lowest BCUT2D eigenvalue weighted by Gasteiger charge is -2.40. The Kier molecular flexibility index (Phi) is 4.02. The Morgan fingerprint density at radius 2 is 1.76 bits per heavy atom. The van der Waals surface area contributed by atoms with E-state index in [4.69, 9.17) is 4.74 Å². The molecule has 1 fully saturated rings. The van der Waals surface area contributed by atoms with Crippen molar-refractivity contribution in [1.82, 2.24) is 4.90 Å². The summed E-state index contributed by atoms with van der Waals surface area (Å²) in [6.45, 7) is 6.02. The molecule has 2 rings (SSSR count). The predicted molar refractivity (Wildman–Crippen MR) is 71.5 cm³/mol. The number of carbonyl (C=O) groups excluding carboxylic acids is 1. The van der Waals surface area contributed by atoms with E-state index >= 15 is 0 Å². The highest BCUT2D eigenvalue weighted by Crippen LogP contribution is 2.21. The molecule has 1 saturated heterocycles. The van der Waals surface area contributed by atoms with E-state index < -0.39 is 29.1 Å². The maximum Gasteiger partial charge on any atom is 0.410 e. The Morgan fingerprint density at radius 3 is 2.24 bits per heavy atom. The number of amides is 1. The van der Waals surface area contributed by atoms with Gasteiger partial charge in [0.25, 0.3) is 0 Å². The smallest absolute Gasteiger partial charge is 0.410 e. The summed E-state index contributed by atoms with van der Waals surface area (Å²) in [5.41, 5.74) is -0.432. The van der Waals surface area contributed by atoms with Crippen molar-refractivity contribution in [2.24, 2.45) is 0 Å². The molecule has 0 aliphatic carbocycles. The van der Waals surface area contributed by atoms with Crippen LogP contribution in [0.25, 0.3) is 0 Å². The normalized spacial score (nSPS) is 15.6. The van der Waals surface area contributed by atoms with Crippen LogP contribution in [-0.2, 0) is 4.74 Å². The minimum absolute atomic E-state index is 0.139. The number of likely N-dealkylation sites (tertiary alicyclic amines) is 1. The number of halogens is 3. The Hall–Kier alpha value is -1.92. The van der Waals surface area contributed by atoms with Gasteiger partial charge in [0.2, 0.25) is 0 Å². The van der Waals surface area contributed by atoms with Crippen LogP contribution in [0, 0.1) is 17.5 Å². The van der Waals surface area contributed by atoms with Crippen molar-refractivity contribution in [3.63, 3.8) is 0 Å². The number of carbonyl (C=O) groups is 1. The summed E-state index contributed by atoms with van der Waals surface area (Å²) < 4.78 is 44.1. The zero-order valence-electron chi connectivity index (χ0n) is 12.0. The fourth-order valence-electron chi connectivity index (χ4n) is 1.92. The van der Waals surface area contributed by atoms with Crippen molar-refractivity contribution in [1.29, 1.82) is 0 Å². The van der Waals surface area contributed by atoms with Crippen molar-refractivity contribution in [3.8, 4) is 0 Å². The molecule has 1 amide bonds. The second-order valence-electron chi connectivity index (χ2n) is 5.98. The Labute approximate surface area is 120 Å². The van der Waals surface area contributed by atoms with Gasteiger partial charge in [-0.3, -0.25) is 0 Å². The van der Waals surface area contributed by atoms with Gasteiger partial charge in [-0.25, -0.2) is 18.0 Å². The molecule has 1 aliphatic heterocycles. The summed E-state index contributed by atoms with van der Waals surface area (Å²) in [7, 11) is 0. The lowest BCUT2D eigenvalue weighted by atomic mass is 10.1. The van der Waals surface area contributed by atoms with Crippen molar-refractivity contribution in [3.05, 3.63) is 29.6 Å². The molecule has 0 radical (unpaired) electrons. The maximum absolute atomic E-state index is 13.1. The van der Waals surface area contributed by atoms with Crippen molar-refractivity contribution >= 4 is 11.8 Å². The molecule has 21 heavy (non-hydrogen) atoms. The summed E-state index contributed by atoms with van der Waals surface area (Å²) in [6.07, 6.45) is -0.433. The highest BCUT2D eigenvalue weighted by Gasteiger charge is 2.33. The molecule has 1 aromatic carbocycles. The molecular weight excluding hydrogens is 285 g/mol. The van der Waals surface area contributed by atoms with Gasteiger partial charge >= 0.3 is 6.09 Å². The van der Waals surface area contributed by atoms with E-state index in [0.717, 1.165) is 12.1 Å². The monoisotopic (exact) mass is 302 g/mol. The van der Waals surface area contributed by atoms with Gasteiger partial charge in [-0.2, -0.15) is 0 Å². The Balaban J connectivity index is 1.87. The highest BCUT2D eigenvalue weighted by atomic mass is 19.2. The fourth-order valence-corrected chi connectivity index (χ4v) is 1.92. The van der Waals surface area contributed by atoms with Crippen LogP contribution in [0.1, 0.15) is 20.8 Å². The summed E-state index contributed by atoms with van der Waals surface area (Å²) >= 11 is 0. The molecule has 1 aromatic rings. The van der Waals surface area contributed by atoms with E-state index in [2.05, 4.69) is 5.32 Å². The lowest BCUT2D eigenvalue weighted by molar-refractivity contribution is 0.0105. The highest BCUT2D eigenvalue weighted by molar-refractivity contribution is 5.69. The van der Waals surface area contributed by atoms with E-state index in [1.165, 1.54) is 4.90 Å². The molecule has 0 unspecified atom stereocenters. The number of nitrogens with one attached hydrogen (secondary N) is 1. The number of nitrogens with zero attached hydrogens (tertiary/aromatic N) is 1. The van der Waals surface area contributed by atoms with Gasteiger partial charge in [-0.15, -0.1) is 0 Å². The van der Waals surface area contributed by atoms with Crippen molar-refractivity contribution < 1.29 is 22.7 Å². The van der Waals surface area contributed by atoms with Crippen LogP contribution in [0.5, 0.6) is 0 Å². The number of rotatable bonds is 2. The number of hydrogen-bond acceptors (Lipinski definition) is 3. The van der Waals surface area contributed by atoms with E-state index in [1.807, 2.05) is 0 Å². The molecule has 1 aliphatic rings. The average Bonchev–Trinajstić information content (AvgIpc) is 2.27. The second kappa shape index (κ2) is 5.46. The van der Waals surface area contributed by atoms with Gasteiger partial charge in [-0.1, -0.05) is 0 Å². The van der Waals surface area contributed by atoms with Crippen LogP contribution in [-0.4, -0.2) is 35.7 Å². The van der Waals surface area contributed by atoms with Gasteiger partial charge < -0.3 is 15.0 Å². The topological polar surface area (TPSA) is 41.6 Å². The number of benzene rings is 1. The Morgan fingerprint density at radius 1 is 1.24 bits per heavy atom. The van der Waals surface area contributed by atoms with E-state index in [-0.39, 0.29) is 11.7 Å². The molecule has 0 bridgehead atoms. The molecule has 116 valence electrons. The van der Waals surface area contributed by atoms with Gasteiger partial charge in [0.05, 0.1) is 6.04 Å². The molecule has 0 aromatic heterocycles. The molecule has 1 heterocycles. The van der Waals surface area contributed by atoms with Gasteiger partial charge in [-0.05, 0) is 20.8 Å². The van der Waals surface area contributed by atoms with Gasteiger partial charge in [0.15, 0.2) is 17.5 Å². The summed E-state index contributed by atoms with van der Waals surface area (Å²) in [5.74, 6) is -3.99. The van der Waals surface area contributed by atoms with Crippen LogP contribution in [0.3, 0.4) is 0 Å².